The Labute approximate surface area is 130 Å². The van der Waals surface area contributed by atoms with E-state index in [1.807, 2.05) is 39.0 Å². The lowest BCUT2D eigenvalue weighted by atomic mass is 10.2. The maximum atomic E-state index is 11.4. The van der Waals surface area contributed by atoms with Crippen molar-refractivity contribution >= 4 is 17.1 Å². The van der Waals surface area contributed by atoms with Crippen molar-refractivity contribution in [3.63, 3.8) is 0 Å². The second-order valence-electron chi connectivity index (χ2n) is 5.74. The first-order valence-electron chi connectivity index (χ1n) is 7.10. The molecule has 5 nitrogen and oxygen atoms in total. The summed E-state index contributed by atoms with van der Waals surface area (Å²) in [5.74, 6) is 6.06. The van der Waals surface area contributed by atoms with E-state index in [1.54, 1.807) is 12.4 Å². The van der Waals surface area contributed by atoms with Gasteiger partial charge in [0.15, 0.2) is 0 Å². The lowest BCUT2D eigenvalue weighted by molar-refractivity contribution is 0.0529. The topological polar surface area (TPSA) is 64.1 Å². The van der Waals surface area contributed by atoms with E-state index in [0.717, 1.165) is 16.6 Å². The minimum absolute atomic E-state index is 0.421. The molecule has 2 rings (SSSR count). The summed E-state index contributed by atoms with van der Waals surface area (Å²) in [6.45, 7) is 5.94. The Morgan fingerprint density at radius 1 is 1.23 bits per heavy atom. The molecule has 0 aliphatic rings. The minimum atomic E-state index is -0.484. The Morgan fingerprint density at radius 2 is 1.95 bits per heavy atom. The van der Waals surface area contributed by atoms with Crippen molar-refractivity contribution in [1.29, 1.82) is 0 Å². The van der Waals surface area contributed by atoms with Crippen molar-refractivity contribution in [2.75, 3.05) is 6.54 Å². The zero-order valence-electron chi connectivity index (χ0n) is 13.0. The fourth-order valence-corrected chi connectivity index (χ4v) is 1.75. The molecule has 0 saturated carbocycles. The van der Waals surface area contributed by atoms with Gasteiger partial charge in [-0.05, 0) is 39.0 Å². The van der Waals surface area contributed by atoms with Crippen molar-refractivity contribution in [3.8, 4) is 11.8 Å². The summed E-state index contributed by atoms with van der Waals surface area (Å²) in [6.07, 6.45) is 3.45. The highest BCUT2D eigenvalue weighted by Crippen LogP contribution is 2.09. The highest BCUT2D eigenvalue weighted by molar-refractivity contribution is 5.75. The van der Waals surface area contributed by atoms with Gasteiger partial charge < -0.3 is 10.1 Å². The number of rotatable bonds is 2. The van der Waals surface area contributed by atoms with Crippen LogP contribution in [0.15, 0.2) is 30.6 Å². The zero-order valence-corrected chi connectivity index (χ0v) is 13.0. The molecule has 0 spiro atoms. The quantitative estimate of drug-likeness (QED) is 0.684. The molecule has 1 N–H and O–H groups in total. The number of benzene rings is 1. The van der Waals surface area contributed by atoms with E-state index in [4.69, 9.17) is 4.74 Å². The van der Waals surface area contributed by atoms with Gasteiger partial charge in [0.05, 0.1) is 11.0 Å². The van der Waals surface area contributed by atoms with E-state index in [9.17, 15) is 4.79 Å². The van der Waals surface area contributed by atoms with Crippen LogP contribution in [0.25, 0.3) is 11.0 Å². The predicted octanol–water partition coefficient (Wildman–Crippen LogP) is 2.90. The first kappa shape index (κ1) is 15.8. The predicted molar refractivity (Wildman–Crippen MR) is 85.3 cm³/mol. The smallest absolute Gasteiger partial charge is 0.407 e. The van der Waals surface area contributed by atoms with Gasteiger partial charge in [0, 0.05) is 30.9 Å². The van der Waals surface area contributed by atoms with Crippen molar-refractivity contribution < 1.29 is 9.53 Å². The molecular formula is C17H19N3O2. The molecule has 114 valence electrons. The summed E-state index contributed by atoms with van der Waals surface area (Å²) in [6, 6.07) is 5.70. The van der Waals surface area contributed by atoms with Crippen molar-refractivity contribution in [2.24, 2.45) is 0 Å². The third kappa shape index (κ3) is 5.06. The van der Waals surface area contributed by atoms with Crippen LogP contribution in [0.4, 0.5) is 4.79 Å². The van der Waals surface area contributed by atoms with E-state index in [0.29, 0.717) is 13.0 Å². The summed E-state index contributed by atoms with van der Waals surface area (Å²) in [4.78, 5) is 19.9. The van der Waals surface area contributed by atoms with Crippen LogP contribution in [-0.4, -0.2) is 28.2 Å². The van der Waals surface area contributed by atoms with Gasteiger partial charge in [0.1, 0.15) is 5.60 Å². The second-order valence-corrected chi connectivity index (χ2v) is 5.74. The van der Waals surface area contributed by atoms with Crippen molar-refractivity contribution in [3.05, 3.63) is 36.2 Å². The van der Waals surface area contributed by atoms with Crippen LogP contribution >= 0.6 is 0 Å². The van der Waals surface area contributed by atoms with Crippen LogP contribution in [-0.2, 0) is 4.74 Å². The summed E-state index contributed by atoms with van der Waals surface area (Å²) < 4.78 is 5.14. The molecule has 0 bridgehead atoms. The van der Waals surface area contributed by atoms with Gasteiger partial charge in [-0.15, -0.1) is 0 Å². The normalized spacial score (nSPS) is 10.7. The highest BCUT2D eigenvalue weighted by Gasteiger charge is 2.15. The molecule has 0 aliphatic carbocycles. The average Bonchev–Trinajstić information content (AvgIpc) is 2.45. The molecular weight excluding hydrogens is 278 g/mol. The van der Waals surface area contributed by atoms with Crippen molar-refractivity contribution in [2.45, 2.75) is 32.8 Å². The Morgan fingerprint density at radius 3 is 2.68 bits per heavy atom. The van der Waals surface area contributed by atoms with Crippen LogP contribution in [0.1, 0.15) is 32.8 Å². The van der Waals surface area contributed by atoms with E-state index >= 15 is 0 Å². The van der Waals surface area contributed by atoms with Crippen LogP contribution in [0.5, 0.6) is 0 Å². The van der Waals surface area contributed by atoms with E-state index < -0.39 is 11.7 Å². The number of aromatic nitrogens is 2. The van der Waals surface area contributed by atoms with E-state index in [-0.39, 0.29) is 0 Å². The molecule has 1 aromatic heterocycles. The molecule has 0 atom stereocenters. The Balaban J connectivity index is 1.84. The van der Waals surface area contributed by atoms with Gasteiger partial charge in [-0.1, -0.05) is 11.8 Å². The molecule has 0 unspecified atom stereocenters. The molecule has 0 radical (unpaired) electrons. The Kier molecular flexibility index (Phi) is 4.95. The number of alkyl carbamates (subject to hydrolysis) is 1. The molecule has 0 saturated heterocycles. The summed E-state index contributed by atoms with van der Waals surface area (Å²) >= 11 is 0. The number of fused-ring (bicyclic) bond motifs is 1. The van der Waals surface area contributed by atoms with Gasteiger partial charge in [0.25, 0.3) is 0 Å². The molecule has 1 heterocycles. The Hall–Kier alpha value is -2.61. The fraction of sp³-hybridized carbons (Fsp3) is 0.353. The summed E-state index contributed by atoms with van der Waals surface area (Å²) in [5, 5.41) is 2.67. The number of amides is 1. The number of ether oxygens (including phenoxy) is 1. The summed E-state index contributed by atoms with van der Waals surface area (Å²) in [7, 11) is 0. The van der Waals surface area contributed by atoms with E-state index in [2.05, 4.69) is 27.1 Å². The number of nitrogens with zero attached hydrogens (tertiary/aromatic N) is 2. The standard InChI is InChI=1S/C17H19N3O2/c1-17(2,3)22-16(21)20-9-5-4-6-13-7-8-14-15(12-13)19-11-10-18-14/h7-8,10-12H,5,9H2,1-3H3,(H,20,21). The molecule has 2 aromatic rings. The number of hydrogen-bond acceptors (Lipinski definition) is 4. The molecule has 0 fully saturated rings. The second kappa shape index (κ2) is 6.90. The first-order chi connectivity index (χ1) is 10.4. The van der Waals surface area contributed by atoms with Crippen LogP contribution in [0.3, 0.4) is 0 Å². The minimum Gasteiger partial charge on any atom is -0.444 e. The largest absolute Gasteiger partial charge is 0.444 e. The van der Waals surface area contributed by atoms with Crippen LogP contribution < -0.4 is 5.32 Å². The van der Waals surface area contributed by atoms with Gasteiger partial charge >= 0.3 is 6.09 Å². The summed E-state index contributed by atoms with van der Waals surface area (Å²) in [5.41, 5.74) is 2.06. The van der Waals surface area contributed by atoms with Crippen molar-refractivity contribution in [1.82, 2.24) is 15.3 Å². The maximum absolute atomic E-state index is 11.4. The molecule has 1 amide bonds. The number of nitrogens with one attached hydrogen (secondary N) is 1. The van der Waals surface area contributed by atoms with Gasteiger partial charge in [-0.3, -0.25) is 9.97 Å². The lowest BCUT2D eigenvalue weighted by Crippen LogP contribution is -2.32. The van der Waals surface area contributed by atoms with Crippen LogP contribution in [0, 0.1) is 11.8 Å². The SMILES string of the molecule is CC(C)(C)OC(=O)NCCC#Cc1ccc2nccnc2c1. The molecule has 1 aromatic carbocycles. The van der Waals surface area contributed by atoms with Gasteiger partial charge in [-0.2, -0.15) is 0 Å². The number of carbonyl (C=O) groups excluding carboxylic acids is 1. The first-order valence-corrected chi connectivity index (χ1v) is 7.10. The zero-order chi connectivity index (χ0) is 16.0. The highest BCUT2D eigenvalue weighted by atomic mass is 16.6. The third-order valence-electron chi connectivity index (χ3n) is 2.62. The van der Waals surface area contributed by atoms with Crippen LogP contribution in [0.2, 0.25) is 0 Å². The Bertz CT molecular complexity index is 724. The molecule has 22 heavy (non-hydrogen) atoms. The fourth-order valence-electron chi connectivity index (χ4n) is 1.75. The maximum Gasteiger partial charge on any atom is 0.407 e. The molecule has 5 heteroatoms. The van der Waals surface area contributed by atoms with Gasteiger partial charge in [-0.25, -0.2) is 4.79 Å². The third-order valence-corrected chi connectivity index (χ3v) is 2.62. The average molecular weight is 297 g/mol. The number of hydrogen-bond donors (Lipinski definition) is 1. The lowest BCUT2D eigenvalue weighted by Gasteiger charge is -2.19. The number of carbonyl (C=O) groups is 1. The molecule has 0 aliphatic heterocycles. The van der Waals surface area contributed by atoms with Gasteiger partial charge in [0.2, 0.25) is 0 Å². The monoisotopic (exact) mass is 297 g/mol. The van der Waals surface area contributed by atoms with E-state index in [1.165, 1.54) is 0 Å².